The van der Waals surface area contributed by atoms with E-state index in [0.29, 0.717) is 12.5 Å². The van der Waals surface area contributed by atoms with Crippen molar-refractivity contribution in [2.45, 2.75) is 39.2 Å². The zero-order valence-corrected chi connectivity index (χ0v) is 11.3. The average Bonchev–Trinajstić information content (AvgIpc) is 3.06. The van der Waals surface area contributed by atoms with E-state index in [2.05, 4.69) is 32.7 Å². The lowest BCUT2D eigenvalue weighted by Gasteiger charge is -2.41. The van der Waals surface area contributed by atoms with Crippen LogP contribution < -0.4 is 5.73 Å². The summed E-state index contributed by atoms with van der Waals surface area (Å²) in [6.07, 6.45) is 2.73. The lowest BCUT2D eigenvalue weighted by molar-refractivity contribution is 0.0453. The largest absolute Gasteiger partial charge is 0.380 e. The SMILES string of the molecule is CC(C)C(C)(CN)N(C)CCOCC1CC1. The smallest absolute Gasteiger partial charge is 0.0593 e. The molecule has 1 unspecified atom stereocenters. The lowest BCUT2D eigenvalue weighted by Crippen LogP contribution is -2.54. The van der Waals surface area contributed by atoms with Crippen molar-refractivity contribution in [2.24, 2.45) is 17.6 Å². The second-order valence-corrected chi connectivity index (χ2v) is 5.66. The molecule has 0 spiro atoms. The highest BCUT2D eigenvalue weighted by molar-refractivity contribution is 4.88. The molecule has 1 fully saturated rings. The Morgan fingerprint density at radius 2 is 2.06 bits per heavy atom. The van der Waals surface area contributed by atoms with Gasteiger partial charge in [-0.1, -0.05) is 13.8 Å². The maximum atomic E-state index is 5.89. The highest BCUT2D eigenvalue weighted by Gasteiger charge is 2.31. The van der Waals surface area contributed by atoms with Gasteiger partial charge in [-0.3, -0.25) is 4.90 Å². The summed E-state index contributed by atoms with van der Waals surface area (Å²) in [5.41, 5.74) is 5.98. The minimum atomic E-state index is 0.0863. The summed E-state index contributed by atoms with van der Waals surface area (Å²) in [6, 6.07) is 0. The van der Waals surface area contributed by atoms with E-state index in [-0.39, 0.29) is 5.54 Å². The van der Waals surface area contributed by atoms with Crippen molar-refractivity contribution in [1.82, 2.24) is 4.90 Å². The molecule has 0 aromatic carbocycles. The first kappa shape index (κ1) is 13.9. The number of nitrogens with zero attached hydrogens (tertiary/aromatic N) is 1. The summed E-state index contributed by atoms with van der Waals surface area (Å²) in [4.78, 5) is 2.34. The first-order chi connectivity index (χ1) is 7.50. The van der Waals surface area contributed by atoms with Crippen molar-refractivity contribution < 1.29 is 4.74 Å². The van der Waals surface area contributed by atoms with Crippen molar-refractivity contribution in [3.05, 3.63) is 0 Å². The minimum absolute atomic E-state index is 0.0863. The Morgan fingerprint density at radius 3 is 2.50 bits per heavy atom. The van der Waals surface area contributed by atoms with Crippen LogP contribution >= 0.6 is 0 Å². The second kappa shape index (κ2) is 5.99. The van der Waals surface area contributed by atoms with Gasteiger partial charge >= 0.3 is 0 Å². The molecule has 1 atom stereocenters. The van der Waals surface area contributed by atoms with Crippen molar-refractivity contribution in [3.8, 4) is 0 Å². The van der Waals surface area contributed by atoms with Crippen LogP contribution in [0.3, 0.4) is 0 Å². The summed E-state index contributed by atoms with van der Waals surface area (Å²) < 4.78 is 5.67. The molecule has 0 radical (unpaired) electrons. The van der Waals surface area contributed by atoms with Gasteiger partial charge in [-0.2, -0.15) is 0 Å². The van der Waals surface area contributed by atoms with E-state index in [9.17, 15) is 0 Å². The standard InChI is InChI=1S/C13H28N2O/c1-11(2)13(3,10-14)15(4)7-8-16-9-12-5-6-12/h11-12H,5-10,14H2,1-4H3. The second-order valence-electron chi connectivity index (χ2n) is 5.66. The Hall–Kier alpha value is -0.120. The Morgan fingerprint density at radius 1 is 1.44 bits per heavy atom. The van der Waals surface area contributed by atoms with Gasteiger partial charge in [0.1, 0.15) is 0 Å². The molecule has 0 heterocycles. The van der Waals surface area contributed by atoms with Crippen LogP contribution in [0.1, 0.15) is 33.6 Å². The van der Waals surface area contributed by atoms with Crippen LogP contribution in [0.25, 0.3) is 0 Å². The van der Waals surface area contributed by atoms with Gasteiger partial charge in [-0.15, -0.1) is 0 Å². The number of hydrogen-bond acceptors (Lipinski definition) is 3. The molecule has 1 rings (SSSR count). The Bertz CT molecular complexity index is 204. The molecule has 0 bridgehead atoms. The van der Waals surface area contributed by atoms with Gasteiger partial charge in [-0.05, 0) is 38.6 Å². The van der Waals surface area contributed by atoms with Gasteiger partial charge < -0.3 is 10.5 Å². The quantitative estimate of drug-likeness (QED) is 0.643. The Balaban J connectivity index is 2.22. The Kier molecular flexibility index (Phi) is 5.22. The molecule has 0 amide bonds. The summed E-state index contributed by atoms with van der Waals surface area (Å²) >= 11 is 0. The maximum absolute atomic E-state index is 5.89. The lowest BCUT2D eigenvalue weighted by atomic mass is 9.87. The molecule has 3 heteroatoms. The van der Waals surface area contributed by atoms with Crippen molar-refractivity contribution in [2.75, 3.05) is 33.4 Å². The normalized spacial score (nSPS) is 20.4. The van der Waals surface area contributed by atoms with Gasteiger partial charge in [0.2, 0.25) is 0 Å². The van der Waals surface area contributed by atoms with E-state index in [1.54, 1.807) is 0 Å². The van der Waals surface area contributed by atoms with Crippen LogP contribution in [-0.2, 0) is 4.74 Å². The molecule has 3 nitrogen and oxygen atoms in total. The highest BCUT2D eigenvalue weighted by Crippen LogP contribution is 2.28. The Labute approximate surface area is 100 Å². The maximum Gasteiger partial charge on any atom is 0.0593 e. The molecule has 0 aromatic rings. The van der Waals surface area contributed by atoms with E-state index in [4.69, 9.17) is 10.5 Å². The summed E-state index contributed by atoms with van der Waals surface area (Å²) in [5, 5.41) is 0. The fourth-order valence-electron chi connectivity index (χ4n) is 1.82. The molecule has 0 aromatic heterocycles. The zero-order chi connectivity index (χ0) is 12.2. The highest BCUT2D eigenvalue weighted by atomic mass is 16.5. The van der Waals surface area contributed by atoms with Gasteiger partial charge in [0.05, 0.1) is 6.61 Å². The number of likely N-dealkylation sites (N-methyl/N-ethyl adjacent to an activating group) is 1. The predicted octanol–water partition coefficient (Wildman–Crippen LogP) is 1.72. The average molecular weight is 228 g/mol. The third kappa shape index (κ3) is 3.72. The first-order valence-electron chi connectivity index (χ1n) is 6.49. The fraction of sp³-hybridized carbons (Fsp3) is 1.00. The molecule has 2 N–H and O–H groups in total. The third-order valence-corrected chi connectivity index (χ3v) is 4.15. The number of ether oxygens (including phenoxy) is 1. The molecule has 1 aliphatic carbocycles. The van der Waals surface area contributed by atoms with Crippen LogP contribution in [0.5, 0.6) is 0 Å². The number of nitrogens with two attached hydrogens (primary N) is 1. The number of hydrogen-bond donors (Lipinski definition) is 1. The van der Waals surface area contributed by atoms with Crippen molar-refractivity contribution in [1.29, 1.82) is 0 Å². The van der Waals surface area contributed by atoms with Gasteiger partial charge in [0.15, 0.2) is 0 Å². The molecule has 0 aliphatic heterocycles. The van der Waals surface area contributed by atoms with Crippen LogP contribution in [0.2, 0.25) is 0 Å². The van der Waals surface area contributed by atoms with Gasteiger partial charge in [-0.25, -0.2) is 0 Å². The van der Waals surface area contributed by atoms with E-state index in [1.165, 1.54) is 12.8 Å². The molecule has 1 aliphatic rings. The minimum Gasteiger partial charge on any atom is -0.380 e. The number of rotatable bonds is 8. The monoisotopic (exact) mass is 228 g/mol. The summed E-state index contributed by atoms with van der Waals surface area (Å²) in [6.45, 7) is 10.1. The van der Waals surface area contributed by atoms with Gasteiger partial charge in [0, 0.05) is 25.2 Å². The molecular formula is C13H28N2O. The van der Waals surface area contributed by atoms with E-state index >= 15 is 0 Å². The zero-order valence-electron chi connectivity index (χ0n) is 11.3. The van der Waals surface area contributed by atoms with Gasteiger partial charge in [0.25, 0.3) is 0 Å². The molecule has 1 saturated carbocycles. The fourth-order valence-corrected chi connectivity index (χ4v) is 1.82. The van der Waals surface area contributed by atoms with E-state index in [1.807, 2.05) is 0 Å². The molecule has 96 valence electrons. The molecule has 0 saturated heterocycles. The predicted molar refractivity (Wildman–Crippen MR) is 68.5 cm³/mol. The van der Waals surface area contributed by atoms with E-state index < -0.39 is 0 Å². The molecule has 16 heavy (non-hydrogen) atoms. The van der Waals surface area contributed by atoms with E-state index in [0.717, 1.165) is 25.7 Å². The van der Waals surface area contributed by atoms with Crippen LogP contribution in [0.4, 0.5) is 0 Å². The van der Waals surface area contributed by atoms with Crippen LogP contribution in [0, 0.1) is 11.8 Å². The van der Waals surface area contributed by atoms with Crippen LogP contribution in [0.15, 0.2) is 0 Å². The van der Waals surface area contributed by atoms with Crippen LogP contribution in [-0.4, -0.2) is 43.8 Å². The first-order valence-corrected chi connectivity index (χ1v) is 6.49. The topological polar surface area (TPSA) is 38.5 Å². The summed E-state index contributed by atoms with van der Waals surface area (Å²) in [5.74, 6) is 1.42. The third-order valence-electron chi connectivity index (χ3n) is 4.15. The van der Waals surface area contributed by atoms with Crippen molar-refractivity contribution >= 4 is 0 Å². The van der Waals surface area contributed by atoms with Crippen molar-refractivity contribution in [3.63, 3.8) is 0 Å². The summed E-state index contributed by atoms with van der Waals surface area (Å²) in [7, 11) is 2.15. The molecular weight excluding hydrogens is 200 g/mol.